The van der Waals surface area contributed by atoms with Gasteiger partial charge < -0.3 is 9.47 Å². The van der Waals surface area contributed by atoms with Crippen molar-refractivity contribution in [3.05, 3.63) is 35.9 Å². The Balaban J connectivity index is 0.00000141. The van der Waals surface area contributed by atoms with E-state index in [-0.39, 0.29) is 42.3 Å². The average molecular weight is 421 g/mol. The fourth-order valence-electron chi connectivity index (χ4n) is 3.68. The molecular weight excluding hydrogens is 388 g/mol. The van der Waals surface area contributed by atoms with Crippen LogP contribution >= 0.6 is 0 Å². The zero-order valence-corrected chi connectivity index (χ0v) is 18.4. The molecule has 1 aliphatic heterocycles. The van der Waals surface area contributed by atoms with Crippen LogP contribution in [0.3, 0.4) is 0 Å². The lowest BCUT2D eigenvalue weighted by atomic mass is 9.91. The summed E-state index contributed by atoms with van der Waals surface area (Å²) in [7, 11) is 0. The van der Waals surface area contributed by atoms with Gasteiger partial charge in [0.25, 0.3) is 0 Å². The number of benzene rings is 1. The van der Waals surface area contributed by atoms with Crippen molar-refractivity contribution in [3.63, 3.8) is 0 Å². The Morgan fingerprint density at radius 2 is 1.73 bits per heavy atom. The summed E-state index contributed by atoms with van der Waals surface area (Å²) in [5.41, 5.74) is 1.18. The van der Waals surface area contributed by atoms with E-state index in [0.717, 1.165) is 6.42 Å². The molecule has 0 bridgehead atoms. The van der Waals surface area contributed by atoms with Gasteiger partial charge in [0.05, 0.1) is 19.1 Å². The first kappa shape index (κ1) is 25.3. The highest BCUT2D eigenvalue weighted by Crippen LogP contribution is 2.32. The van der Waals surface area contributed by atoms with Gasteiger partial charge in [0.2, 0.25) is 0 Å². The number of rotatable bonds is 7. The van der Waals surface area contributed by atoms with Crippen LogP contribution < -0.4 is 0 Å². The minimum absolute atomic E-state index is 0.00799. The Bertz CT molecular complexity index is 701. The van der Waals surface area contributed by atoms with Crippen molar-refractivity contribution in [1.82, 2.24) is 10.0 Å². The lowest BCUT2D eigenvalue weighted by molar-refractivity contribution is -0.191. The molecule has 8 heteroatoms. The van der Waals surface area contributed by atoms with Gasteiger partial charge in [-0.05, 0) is 46.6 Å². The van der Waals surface area contributed by atoms with E-state index >= 15 is 0 Å². The van der Waals surface area contributed by atoms with Crippen molar-refractivity contribution in [2.24, 2.45) is 5.92 Å². The molecule has 1 saturated heterocycles. The molecule has 0 radical (unpaired) electrons. The van der Waals surface area contributed by atoms with E-state index in [1.165, 1.54) is 5.56 Å². The third-order valence-corrected chi connectivity index (χ3v) is 4.67. The molecule has 0 N–H and O–H groups in total. The van der Waals surface area contributed by atoms with E-state index < -0.39 is 0 Å². The summed E-state index contributed by atoms with van der Waals surface area (Å²) in [4.78, 5) is 41.1. The maximum Gasteiger partial charge on any atom is 0.424 e. The van der Waals surface area contributed by atoms with Gasteiger partial charge in [0.15, 0.2) is 0 Å². The molecule has 1 aromatic rings. The molecule has 2 atom stereocenters. The first-order valence-corrected chi connectivity index (χ1v) is 10.2. The topological polar surface area (TPSA) is 93.2 Å². The molecule has 2 rings (SSSR count). The highest BCUT2D eigenvalue weighted by atomic mass is 16.6. The van der Waals surface area contributed by atoms with Gasteiger partial charge in [-0.2, -0.15) is 9.59 Å². The van der Waals surface area contributed by atoms with Crippen molar-refractivity contribution in [2.45, 2.75) is 65.6 Å². The van der Waals surface area contributed by atoms with Crippen molar-refractivity contribution in [1.29, 1.82) is 0 Å². The highest BCUT2D eigenvalue weighted by molar-refractivity contribution is 5.71. The van der Waals surface area contributed by atoms with Crippen LogP contribution in [-0.4, -0.2) is 59.6 Å². The Kier molecular flexibility index (Phi) is 10.8. The van der Waals surface area contributed by atoms with Crippen LogP contribution in [0, 0.1) is 5.92 Å². The quantitative estimate of drug-likeness (QED) is 0.626. The minimum Gasteiger partial charge on any atom is -0.466 e. The largest absolute Gasteiger partial charge is 0.466 e. The Labute approximate surface area is 178 Å². The summed E-state index contributed by atoms with van der Waals surface area (Å²) in [6, 6.07) is 10.3. The van der Waals surface area contributed by atoms with E-state index in [9.17, 15) is 9.59 Å². The number of hydrazine groups is 1. The average Bonchev–Trinajstić information content (AvgIpc) is 3.01. The first-order chi connectivity index (χ1) is 14.2. The Morgan fingerprint density at radius 3 is 2.23 bits per heavy atom. The second kappa shape index (κ2) is 12.8. The van der Waals surface area contributed by atoms with Crippen LogP contribution in [0.25, 0.3) is 0 Å². The molecule has 1 heterocycles. The van der Waals surface area contributed by atoms with Gasteiger partial charge in [-0.1, -0.05) is 30.3 Å². The molecule has 0 aliphatic carbocycles. The molecule has 1 aromatic carbocycles. The Morgan fingerprint density at radius 1 is 1.13 bits per heavy atom. The molecule has 0 unspecified atom stereocenters. The number of esters is 1. The van der Waals surface area contributed by atoms with E-state index in [1.54, 1.807) is 11.9 Å². The second-order valence-corrected chi connectivity index (χ2v) is 7.60. The zero-order chi connectivity index (χ0) is 22.7. The highest BCUT2D eigenvalue weighted by Gasteiger charge is 2.45. The van der Waals surface area contributed by atoms with Crippen LogP contribution in [-0.2, 0) is 30.3 Å². The standard InChI is InChI=1S/C21H32N2O4.CO2/c1-6-26-20(24)13-18-14-22(21(25)27-16(4)5)23(15(2)3)19(18)12-17-10-8-7-9-11-17;2-1-3/h7-11,15-16,18-19H,6,12-14H2,1-5H3;/t18-,19+;/m0./s1. The van der Waals surface area contributed by atoms with Crippen LogP contribution in [0.15, 0.2) is 30.3 Å². The van der Waals surface area contributed by atoms with Crippen LogP contribution in [0.2, 0.25) is 0 Å². The smallest absolute Gasteiger partial charge is 0.424 e. The summed E-state index contributed by atoms with van der Waals surface area (Å²) >= 11 is 0. The van der Waals surface area contributed by atoms with Crippen LogP contribution in [0.5, 0.6) is 0 Å². The molecule has 0 spiro atoms. The summed E-state index contributed by atoms with van der Waals surface area (Å²) in [6.07, 6.45) is 0.750. The molecule has 166 valence electrons. The number of amides is 1. The van der Waals surface area contributed by atoms with E-state index in [1.807, 2.05) is 32.0 Å². The van der Waals surface area contributed by atoms with Gasteiger partial charge in [-0.15, -0.1) is 0 Å². The molecule has 1 aliphatic rings. The van der Waals surface area contributed by atoms with Gasteiger partial charge in [-0.25, -0.2) is 14.8 Å². The molecule has 8 nitrogen and oxygen atoms in total. The van der Waals surface area contributed by atoms with E-state index in [2.05, 4.69) is 31.0 Å². The number of hydrogen-bond donors (Lipinski definition) is 0. The molecular formula is C22H32N2O6. The summed E-state index contributed by atoms with van der Waals surface area (Å²) in [5, 5.41) is 3.74. The summed E-state index contributed by atoms with van der Waals surface area (Å²) in [5.74, 6) is -0.227. The fourth-order valence-corrected chi connectivity index (χ4v) is 3.68. The molecule has 1 amide bonds. The number of hydrogen-bond acceptors (Lipinski definition) is 7. The predicted octanol–water partition coefficient (Wildman–Crippen LogP) is 3.07. The van der Waals surface area contributed by atoms with Gasteiger partial charge in [0.1, 0.15) is 0 Å². The maximum absolute atomic E-state index is 12.7. The predicted molar refractivity (Wildman–Crippen MR) is 109 cm³/mol. The van der Waals surface area contributed by atoms with Gasteiger partial charge in [-0.3, -0.25) is 4.79 Å². The van der Waals surface area contributed by atoms with Crippen LogP contribution in [0.4, 0.5) is 4.79 Å². The van der Waals surface area contributed by atoms with E-state index in [0.29, 0.717) is 19.6 Å². The summed E-state index contributed by atoms with van der Waals surface area (Å²) < 4.78 is 10.6. The number of carbonyl (C=O) groups is 2. The van der Waals surface area contributed by atoms with Crippen molar-refractivity contribution >= 4 is 18.2 Å². The van der Waals surface area contributed by atoms with E-state index in [4.69, 9.17) is 19.1 Å². The summed E-state index contributed by atoms with van der Waals surface area (Å²) in [6.45, 7) is 10.4. The monoisotopic (exact) mass is 420 g/mol. The molecule has 0 saturated carbocycles. The third kappa shape index (κ3) is 7.61. The molecule has 30 heavy (non-hydrogen) atoms. The van der Waals surface area contributed by atoms with Gasteiger partial charge >= 0.3 is 18.2 Å². The van der Waals surface area contributed by atoms with Crippen molar-refractivity contribution < 1.29 is 28.7 Å². The number of carbonyl (C=O) groups excluding carboxylic acids is 4. The van der Waals surface area contributed by atoms with Gasteiger partial charge in [0, 0.05) is 24.5 Å². The Hall–Kier alpha value is -2.70. The molecule has 1 fully saturated rings. The molecule has 0 aromatic heterocycles. The zero-order valence-electron chi connectivity index (χ0n) is 18.4. The first-order valence-electron chi connectivity index (χ1n) is 10.2. The fraction of sp³-hybridized carbons (Fsp3) is 0.591. The SMILES string of the molecule is CCOC(=O)C[C@H]1CN(C(=O)OC(C)C)N(C(C)C)[C@@H]1Cc1ccccc1.O=C=O. The number of nitrogens with zero attached hydrogens (tertiary/aromatic N) is 2. The van der Waals surface area contributed by atoms with Crippen molar-refractivity contribution in [2.75, 3.05) is 13.2 Å². The minimum atomic E-state index is -0.358. The lowest BCUT2D eigenvalue weighted by Crippen LogP contribution is -2.50. The third-order valence-electron chi connectivity index (χ3n) is 4.67. The van der Waals surface area contributed by atoms with Crippen molar-refractivity contribution in [3.8, 4) is 0 Å². The second-order valence-electron chi connectivity index (χ2n) is 7.60. The normalized spacial score (nSPS) is 18.6. The number of ether oxygens (including phenoxy) is 2. The van der Waals surface area contributed by atoms with Crippen LogP contribution in [0.1, 0.15) is 46.6 Å². The lowest BCUT2D eigenvalue weighted by Gasteiger charge is -2.35. The maximum atomic E-state index is 12.7.